The summed E-state index contributed by atoms with van der Waals surface area (Å²) in [5.41, 5.74) is 0.360. The highest BCUT2D eigenvalue weighted by atomic mass is 35.5. The van der Waals surface area contributed by atoms with E-state index in [-0.39, 0.29) is 23.0 Å². The largest absolute Gasteiger partial charge is 0.416 e. The molecule has 0 radical (unpaired) electrons. The number of carbonyl (C=O) groups excluding carboxylic acids is 1. The molecule has 1 aromatic carbocycles. The van der Waals surface area contributed by atoms with Gasteiger partial charge in [-0.05, 0) is 30.7 Å². The fraction of sp³-hybridized carbons (Fsp3) is 0.300. The third-order valence-corrected chi connectivity index (χ3v) is 9.61. The fourth-order valence-corrected chi connectivity index (χ4v) is 7.38. The van der Waals surface area contributed by atoms with Crippen LogP contribution in [-0.2, 0) is 27.4 Å². The van der Waals surface area contributed by atoms with E-state index in [0.717, 1.165) is 23.5 Å². The maximum atomic E-state index is 12.7. The van der Waals surface area contributed by atoms with Crippen LogP contribution in [0, 0.1) is 0 Å². The maximum Gasteiger partial charge on any atom is 0.416 e. The summed E-state index contributed by atoms with van der Waals surface area (Å²) < 4.78 is 65.2. The van der Waals surface area contributed by atoms with Crippen molar-refractivity contribution >= 4 is 50.1 Å². The van der Waals surface area contributed by atoms with Crippen LogP contribution >= 0.6 is 34.3 Å². The van der Waals surface area contributed by atoms with Gasteiger partial charge in [-0.1, -0.05) is 23.7 Å². The lowest BCUT2D eigenvalue weighted by atomic mass is 9.99. The molecule has 0 bridgehead atoms. The van der Waals surface area contributed by atoms with Crippen molar-refractivity contribution in [3.63, 3.8) is 0 Å². The van der Waals surface area contributed by atoms with E-state index >= 15 is 0 Å². The molecule has 1 saturated heterocycles. The van der Waals surface area contributed by atoms with Crippen LogP contribution in [0.4, 0.5) is 13.2 Å². The molecule has 3 heterocycles. The van der Waals surface area contributed by atoms with E-state index in [4.69, 9.17) is 11.6 Å². The number of hydrogen-bond donors (Lipinski definition) is 0. The molecule has 1 fully saturated rings. The normalized spacial score (nSPS) is 17.3. The molecular formula is C20H16ClF3N2O3S3. The molecule has 0 unspecified atom stereocenters. The van der Waals surface area contributed by atoms with Crippen LogP contribution in [0.15, 0.2) is 46.0 Å². The minimum atomic E-state index is -4.40. The number of halogens is 4. The molecule has 170 valence electrons. The number of carbonyl (C=O) groups is 1. The van der Waals surface area contributed by atoms with Crippen molar-refractivity contribution in [1.29, 1.82) is 0 Å². The number of aryl methyl sites for hydroxylation is 1. The second kappa shape index (κ2) is 8.86. The number of hydrogen-bond acceptors (Lipinski definition) is 6. The molecule has 1 aliphatic rings. The molecule has 0 amide bonds. The highest BCUT2D eigenvalue weighted by Crippen LogP contribution is 2.34. The number of alkyl halides is 3. The Morgan fingerprint density at radius 1 is 1.19 bits per heavy atom. The van der Waals surface area contributed by atoms with Crippen LogP contribution in [-0.4, -0.2) is 36.1 Å². The number of benzene rings is 1. The standard InChI is InChI=1S/C20H16ClF3N2O3S3/c21-17-6-8-19(31-17)32(28,29)26-10-9-15(26)16(27)5-7-18-25-14(11-30-18)12-1-3-13(4-2-12)20(22,23)24/h1-4,6,8,11,15H,5,7,9-10H2/t15-/m0/s1. The highest BCUT2D eigenvalue weighted by molar-refractivity contribution is 7.91. The summed E-state index contributed by atoms with van der Waals surface area (Å²) in [7, 11) is -3.75. The predicted molar refractivity (Wildman–Crippen MR) is 118 cm³/mol. The van der Waals surface area contributed by atoms with Gasteiger partial charge in [0.1, 0.15) is 4.21 Å². The van der Waals surface area contributed by atoms with Gasteiger partial charge in [0.25, 0.3) is 10.0 Å². The van der Waals surface area contributed by atoms with Crippen molar-refractivity contribution < 1.29 is 26.4 Å². The molecule has 12 heteroatoms. The number of thiophene rings is 1. The summed E-state index contributed by atoms with van der Waals surface area (Å²) in [5, 5.41) is 2.38. The van der Waals surface area contributed by atoms with E-state index in [1.807, 2.05) is 0 Å². The van der Waals surface area contributed by atoms with Gasteiger partial charge in [-0.3, -0.25) is 4.79 Å². The molecule has 0 N–H and O–H groups in total. The Morgan fingerprint density at radius 3 is 2.47 bits per heavy atom. The lowest BCUT2D eigenvalue weighted by molar-refractivity contribution is -0.137. The summed E-state index contributed by atoms with van der Waals surface area (Å²) in [6, 6.07) is 6.97. The minimum Gasteiger partial charge on any atom is -0.298 e. The number of sulfonamides is 1. The zero-order chi connectivity index (χ0) is 23.1. The molecule has 1 atom stereocenters. The number of rotatable bonds is 7. The lowest BCUT2D eigenvalue weighted by Gasteiger charge is -2.38. The summed E-state index contributed by atoms with van der Waals surface area (Å²) in [5.74, 6) is -0.186. The molecule has 4 rings (SSSR count). The molecular weight excluding hydrogens is 505 g/mol. The van der Waals surface area contributed by atoms with E-state index < -0.39 is 27.8 Å². The van der Waals surface area contributed by atoms with E-state index in [1.165, 1.54) is 39.9 Å². The molecule has 1 aliphatic heterocycles. The van der Waals surface area contributed by atoms with E-state index in [9.17, 15) is 26.4 Å². The van der Waals surface area contributed by atoms with Gasteiger partial charge >= 0.3 is 6.18 Å². The quantitative estimate of drug-likeness (QED) is 0.412. The van der Waals surface area contributed by atoms with Crippen LogP contribution in [0.25, 0.3) is 11.3 Å². The number of Topliss-reactive ketones (excluding diaryl/α,β-unsaturated/α-hetero) is 1. The van der Waals surface area contributed by atoms with Gasteiger partial charge in [0.2, 0.25) is 0 Å². The summed E-state index contributed by atoms with van der Waals surface area (Å²) in [4.78, 5) is 17.0. The molecule has 0 spiro atoms. The number of aromatic nitrogens is 1. The Bertz CT molecular complexity index is 1240. The fourth-order valence-electron chi connectivity index (χ4n) is 3.31. The zero-order valence-corrected chi connectivity index (χ0v) is 19.5. The third-order valence-electron chi connectivity index (χ3n) is 5.10. The Kier molecular flexibility index (Phi) is 6.47. The first-order valence-corrected chi connectivity index (χ1v) is 13.0. The van der Waals surface area contributed by atoms with Crippen LogP contribution in [0.2, 0.25) is 4.34 Å². The third kappa shape index (κ3) is 4.76. The van der Waals surface area contributed by atoms with Crippen molar-refractivity contribution in [2.75, 3.05) is 6.54 Å². The highest BCUT2D eigenvalue weighted by Gasteiger charge is 2.42. The van der Waals surface area contributed by atoms with Crippen LogP contribution < -0.4 is 0 Å². The SMILES string of the molecule is O=C(CCc1nc(-c2ccc(C(F)(F)F)cc2)cs1)[C@@H]1CCN1S(=O)(=O)c1ccc(Cl)s1. The van der Waals surface area contributed by atoms with Crippen LogP contribution in [0.1, 0.15) is 23.4 Å². The Labute approximate surface area is 195 Å². The van der Waals surface area contributed by atoms with Crippen molar-refractivity contribution in [2.24, 2.45) is 0 Å². The number of thiazole rings is 1. The van der Waals surface area contributed by atoms with Crippen molar-refractivity contribution in [3.05, 3.63) is 56.7 Å². The molecule has 0 saturated carbocycles. The van der Waals surface area contributed by atoms with Crippen molar-refractivity contribution in [2.45, 2.75) is 35.7 Å². The van der Waals surface area contributed by atoms with E-state index in [1.54, 1.807) is 5.38 Å². The van der Waals surface area contributed by atoms with Gasteiger partial charge in [-0.15, -0.1) is 22.7 Å². The molecule has 0 aliphatic carbocycles. The Morgan fingerprint density at radius 2 is 1.91 bits per heavy atom. The first-order valence-electron chi connectivity index (χ1n) is 9.47. The number of nitrogens with zero attached hydrogens (tertiary/aromatic N) is 2. The molecule has 2 aromatic heterocycles. The second-order valence-electron chi connectivity index (χ2n) is 7.15. The summed E-state index contributed by atoms with van der Waals surface area (Å²) in [6.45, 7) is 0.281. The molecule has 3 aromatic rings. The minimum absolute atomic E-state index is 0.112. The van der Waals surface area contributed by atoms with Gasteiger partial charge < -0.3 is 0 Å². The van der Waals surface area contributed by atoms with Crippen LogP contribution in [0.3, 0.4) is 0 Å². The molecule has 5 nitrogen and oxygen atoms in total. The van der Waals surface area contributed by atoms with Gasteiger partial charge in [-0.25, -0.2) is 13.4 Å². The summed E-state index contributed by atoms with van der Waals surface area (Å²) in [6.07, 6.45) is -3.47. The monoisotopic (exact) mass is 520 g/mol. The van der Waals surface area contributed by atoms with Crippen molar-refractivity contribution in [1.82, 2.24) is 9.29 Å². The first kappa shape index (κ1) is 23.4. The second-order valence-corrected chi connectivity index (χ2v) is 11.9. The molecule has 32 heavy (non-hydrogen) atoms. The zero-order valence-electron chi connectivity index (χ0n) is 16.3. The van der Waals surface area contributed by atoms with Gasteiger partial charge in [-0.2, -0.15) is 17.5 Å². The maximum absolute atomic E-state index is 12.7. The first-order chi connectivity index (χ1) is 15.1. The van der Waals surface area contributed by atoms with Crippen molar-refractivity contribution in [3.8, 4) is 11.3 Å². The summed E-state index contributed by atoms with van der Waals surface area (Å²) >= 11 is 8.10. The topological polar surface area (TPSA) is 67.3 Å². The van der Waals surface area contributed by atoms with Crippen LogP contribution in [0.5, 0.6) is 0 Å². The average Bonchev–Trinajstić information content (AvgIpc) is 3.34. The van der Waals surface area contributed by atoms with E-state index in [2.05, 4.69) is 4.98 Å². The van der Waals surface area contributed by atoms with Gasteiger partial charge in [0.05, 0.1) is 26.6 Å². The van der Waals surface area contributed by atoms with Gasteiger partial charge in [0, 0.05) is 30.3 Å². The van der Waals surface area contributed by atoms with E-state index in [0.29, 0.717) is 33.4 Å². The van der Waals surface area contributed by atoms with Gasteiger partial charge in [0.15, 0.2) is 5.78 Å². The lowest BCUT2D eigenvalue weighted by Crippen LogP contribution is -2.54. The average molecular weight is 521 g/mol. The Hall–Kier alpha value is -1.79. The smallest absolute Gasteiger partial charge is 0.298 e. The predicted octanol–water partition coefficient (Wildman–Crippen LogP) is 5.51. The number of ketones is 1. The Balaban J connectivity index is 1.37.